The van der Waals surface area contributed by atoms with Gasteiger partial charge < -0.3 is 19.5 Å². The number of ether oxygens (including phenoxy) is 3. The second kappa shape index (κ2) is 11.4. The SMILES string of the molecule is Fc1ccc([C@@H]2CCNC[C@H]2COc2ccc3c(c2)OCO3)cc1.O=S(=O)(O)c1ccc2ccccc2c1. The van der Waals surface area contributed by atoms with Gasteiger partial charge in [-0.1, -0.05) is 42.5 Å². The Bertz CT molecular complexity index is 1510. The zero-order valence-corrected chi connectivity index (χ0v) is 21.4. The van der Waals surface area contributed by atoms with Crippen LogP contribution in [0.2, 0.25) is 0 Å². The van der Waals surface area contributed by atoms with Crippen LogP contribution >= 0.6 is 0 Å². The summed E-state index contributed by atoms with van der Waals surface area (Å²) in [6.07, 6.45) is 1.03. The summed E-state index contributed by atoms with van der Waals surface area (Å²) >= 11 is 0. The number of rotatable bonds is 5. The van der Waals surface area contributed by atoms with E-state index in [9.17, 15) is 12.8 Å². The lowest BCUT2D eigenvalue weighted by molar-refractivity contribution is 0.173. The van der Waals surface area contributed by atoms with Gasteiger partial charge in [-0.05, 0) is 71.6 Å². The predicted octanol–water partition coefficient (Wildman–Crippen LogP) is 5.41. The molecule has 0 unspecified atom stereocenters. The zero-order valence-electron chi connectivity index (χ0n) is 20.5. The molecule has 6 rings (SSSR count). The van der Waals surface area contributed by atoms with E-state index in [4.69, 9.17) is 18.8 Å². The number of nitrogens with one attached hydrogen (secondary N) is 1. The molecule has 0 bridgehead atoms. The van der Waals surface area contributed by atoms with Gasteiger partial charge in [-0.15, -0.1) is 0 Å². The smallest absolute Gasteiger partial charge is 0.294 e. The molecule has 0 saturated carbocycles. The van der Waals surface area contributed by atoms with E-state index in [1.807, 2.05) is 48.5 Å². The van der Waals surface area contributed by atoms with E-state index in [-0.39, 0.29) is 17.5 Å². The molecule has 2 heterocycles. The minimum atomic E-state index is -4.09. The number of fused-ring (bicyclic) bond motifs is 2. The Morgan fingerprint density at radius 3 is 2.47 bits per heavy atom. The summed E-state index contributed by atoms with van der Waals surface area (Å²) in [5.41, 5.74) is 1.18. The molecule has 7 nitrogen and oxygen atoms in total. The molecule has 1 fully saturated rings. The molecule has 2 N–H and O–H groups in total. The molecule has 0 aliphatic carbocycles. The average molecular weight is 538 g/mol. The highest BCUT2D eigenvalue weighted by Crippen LogP contribution is 2.36. The van der Waals surface area contributed by atoms with Crippen LogP contribution in [0, 0.1) is 11.7 Å². The highest BCUT2D eigenvalue weighted by Gasteiger charge is 2.27. The number of piperidine rings is 1. The Morgan fingerprint density at radius 1 is 0.921 bits per heavy atom. The Hall–Kier alpha value is -3.66. The van der Waals surface area contributed by atoms with E-state index >= 15 is 0 Å². The van der Waals surface area contributed by atoms with Crippen molar-refractivity contribution in [3.05, 3.63) is 96.3 Å². The second-order valence-corrected chi connectivity index (χ2v) is 10.6. The van der Waals surface area contributed by atoms with Gasteiger partial charge in [0, 0.05) is 18.5 Å². The molecule has 0 aromatic heterocycles. The lowest BCUT2D eigenvalue weighted by Crippen LogP contribution is -2.38. The van der Waals surface area contributed by atoms with Gasteiger partial charge in [0.1, 0.15) is 11.6 Å². The number of benzene rings is 4. The third-order valence-electron chi connectivity index (χ3n) is 6.73. The van der Waals surface area contributed by atoms with Crippen molar-refractivity contribution in [2.75, 3.05) is 26.5 Å². The van der Waals surface area contributed by atoms with Gasteiger partial charge in [0.25, 0.3) is 10.1 Å². The summed E-state index contributed by atoms with van der Waals surface area (Å²) in [6.45, 7) is 2.74. The van der Waals surface area contributed by atoms with Crippen LogP contribution in [-0.2, 0) is 10.1 Å². The fourth-order valence-corrected chi connectivity index (χ4v) is 5.26. The van der Waals surface area contributed by atoms with E-state index in [0.29, 0.717) is 18.4 Å². The van der Waals surface area contributed by atoms with E-state index in [2.05, 4.69) is 5.32 Å². The first-order chi connectivity index (χ1) is 18.4. The van der Waals surface area contributed by atoms with Crippen molar-refractivity contribution in [2.24, 2.45) is 5.92 Å². The van der Waals surface area contributed by atoms with Crippen LogP contribution in [0.5, 0.6) is 17.2 Å². The topological polar surface area (TPSA) is 94.1 Å². The van der Waals surface area contributed by atoms with Crippen LogP contribution in [0.25, 0.3) is 10.8 Å². The minimum absolute atomic E-state index is 0.0730. The van der Waals surface area contributed by atoms with Gasteiger partial charge >= 0.3 is 0 Å². The van der Waals surface area contributed by atoms with E-state index in [1.165, 1.54) is 29.8 Å². The fraction of sp³-hybridized carbons (Fsp3) is 0.241. The summed E-state index contributed by atoms with van der Waals surface area (Å²) in [5.74, 6) is 2.79. The maximum Gasteiger partial charge on any atom is 0.294 e. The summed E-state index contributed by atoms with van der Waals surface area (Å²) < 4.78 is 60.3. The molecule has 9 heteroatoms. The molecule has 198 valence electrons. The first kappa shape index (κ1) is 26.0. The summed E-state index contributed by atoms with van der Waals surface area (Å²) in [4.78, 5) is -0.0730. The maximum atomic E-state index is 13.2. The minimum Gasteiger partial charge on any atom is -0.493 e. The molecule has 2 aliphatic rings. The molecule has 1 saturated heterocycles. The Morgan fingerprint density at radius 2 is 1.68 bits per heavy atom. The van der Waals surface area contributed by atoms with Crippen LogP contribution in [0.3, 0.4) is 0 Å². The summed E-state index contributed by atoms with van der Waals surface area (Å²) in [7, 11) is -4.09. The van der Waals surface area contributed by atoms with Gasteiger partial charge in [0.15, 0.2) is 11.5 Å². The van der Waals surface area contributed by atoms with Crippen molar-refractivity contribution in [3.63, 3.8) is 0 Å². The monoisotopic (exact) mass is 537 g/mol. The molecule has 38 heavy (non-hydrogen) atoms. The van der Waals surface area contributed by atoms with Crippen LogP contribution in [0.1, 0.15) is 17.9 Å². The van der Waals surface area contributed by atoms with Crippen molar-refractivity contribution in [3.8, 4) is 17.2 Å². The molecule has 2 atom stereocenters. The van der Waals surface area contributed by atoms with Crippen molar-refractivity contribution in [2.45, 2.75) is 17.2 Å². The van der Waals surface area contributed by atoms with Crippen molar-refractivity contribution in [1.82, 2.24) is 5.32 Å². The lowest BCUT2D eigenvalue weighted by Gasteiger charge is -2.32. The average Bonchev–Trinajstić information content (AvgIpc) is 3.40. The zero-order chi connectivity index (χ0) is 26.5. The molecular formula is C29H28FNO6S. The van der Waals surface area contributed by atoms with Crippen LogP contribution < -0.4 is 19.5 Å². The fourth-order valence-electron chi connectivity index (χ4n) is 4.74. The summed E-state index contributed by atoms with van der Waals surface area (Å²) in [6, 6.07) is 24.3. The molecule has 0 spiro atoms. The van der Waals surface area contributed by atoms with Crippen molar-refractivity contribution >= 4 is 20.9 Å². The van der Waals surface area contributed by atoms with E-state index in [0.717, 1.165) is 47.5 Å². The Balaban J connectivity index is 0.000000179. The van der Waals surface area contributed by atoms with Crippen LogP contribution in [0.4, 0.5) is 4.39 Å². The Labute approximate surface area is 220 Å². The third kappa shape index (κ3) is 6.24. The second-order valence-electron chi connectivity index (χ2n) is 9.22. The lowest BCUT2D eigenvalue weighted by atomic mass is 9.81. The molecule has 0 radical (unpaired) electrons. The van der Waals surface area contributed by atoms with Gasteiger partial charge in [0.2, 0.25) is 6.79 Å². The highest BCUT2D eigenvalue weighted by atomic mass is 32.2. The molecule has 2 aliphatic heterocycles. The predicted molar refractivity (Wildman–Crippen MR) is 142 cm³/mol. The Kier molecular flexibility index (Phi) is 7.78. The largest absolute Gasteiger partial charge is 0.493 e. The first-order valence-corrected chi connectivity index (χ1v) is 13.8. The molecular weight excluding hydrogens is 509 g/mol. The number of hydrogen-bond donors (Lipinski definition) is 2. The number of hydrogen-bond acceptors (Lipinski definition) is 6. The standard InChI is InChI=1S/C19H20FNO3.C10H8O3S/c20-15-3-1-13(2-4-15)17-7-8-21-10-14(17)11-22-16-5-6-18-19(9-16)24-12-23-18;11-14(12,13)10-6-5-8-3-1-2-4-9(8)7-10/h1-6,9,14,17,21H,7-8,10-12H2;1-7H,(H,11,12,13)/t14-,17-;/m0./s1. The van der Waals surface area contributed by atoms with E-state index in [1.54, 1.807) is 12.1 Å². The third-order valence-corrected chi connectivity index (χ3v) is 7.58. The van der Waals surface area contributed by atoms with Gasteiger partial charge in [0.05, 0.1) is 11.5 Å². The van der Waals surface area contributed by atoms with Crippen LogP contribution in [0.15, 0.2) is 89.8 Å². The van der Waals surface area contributed by atoms with E-state index < -0.39 is 10.1 Å². The number of halogens is 1. The first-order valence-electron chi connectivity index (χ1n) is 12.3. The molecule has 4 aromatic rings. The quantitative estimate of drug-likeness (QED) is 0.329. The van der Waals surface area contributed by atoms with Gasteiger partial charge in [-0.3, -0.25) is 4.55 Å². The molecule has 0 amide bonds. The molecule has 4 aromatic carbocycles. The summed E-state index contributed by atoms with van der Waals surface area (Å²) in [5, 5.41) is 5.16. The maximum absolute atomic E-state index is 13.2. The van der Waals surface area contributed by atoms with Crippen molar-refractivity contribution in [1.29, 1.82) is 0 Å². The highest BCUT2D eigenvalue weighted by molar-refractivity contribution is 7.85. The van der Waals surface area contributed by atoms with Gasteiger partial charge in [-0.25, -0.2) is 4.39 Å². The van der Waals surface area contributed by atoms with Crippen LogP contribution in [-0.4, -0.2) is 39.5 Å². The van der Waals surface area contributed by atoms with Gasteiger partial charge in [-0.2, -0.15) is 8.42 Å². The van der Waals surface area contributed by atoms with Crippen molar-refractivity contribution < 1.29 is 31.6 Å². The normalized spacial score (nSPS) is 18.5.